The lowest BCUT2D eigenvalue weighted by atomic mass is 10.2. The van der Waals surface area contributed by atoms with E-state index in [1.807, 2.05) is 6.07 Å². The molecule has 9 heteroatoms. The largest absolute Gasteiger partial charge is 0.481 e. The highest BCUT2D eigenvalue weighted by Gasteiger charge is 2.24. The van der Waals surface area contributed by atoms with E-state index in [1.165, 1.54) is 6.07 Å². The lowest BCUT2D eigenvalue weighted by Gasteiger charge is -2.20. The molecule has 0 bridgehead atoms. The zero-order chi connectivity index (χ0) is 17.7. The van der Waals surface area contributed by atoms with Crippen molar-refractivity contribution in [3.8, 4) is 10.6 Å². The Labute approximate surface area is 145 Å². The van der Waals surface area contributed by atoms with Crippen molar-refractivity contribution >= 4 is 27.3 Å². The SMILES string of the molecule is CN(C)CC(CC(=O)O)NS(=O)(=O)c1ccc(-c2ccccn2)s1. The van der Waals surface area contributed by atoms with Gasteiger partial charge in [0.1, 0.15) is 4.21 Å². The van der Waals surface area contributed by atoms with Gasteiger partial charge in [0.15, 0.2) is 0 Å². The fourth-order valence-electron chi connectivity index (χ4n) is 2.18. The first-order valence-electron chi connectivity index (χ1n) is 7.18. The van der Waals surface area contributed by atoms with Crippen LogP contribution in [-0.4, -0.2) is 56.1 Å². The number of thiophene rings is 1. The molecule has 0 spiro atoms. The Kier molecular flexibility index (Phi) is 6.05. The van der Waals surface area contributed by atoms with Crippen LogP contribution in [0.5, 0.6) is 0 Å². The Hall–Kier alpha value is -1.81. The molecule has 0 radical (unpaired) electrons. The second-order valence-corrected chi connectivity index (χ2v) is 8.54. The van der Waals surface area contributed by atoms with Gasteiger partial charge in [0.2, 0.25) is 10.0 Å². The molecule has 2 heterocycles. The molecule has 130 valence electrons. The molecule has 0 fully saturated rings. The number of pyridine rings is 1. The van der Waals surface area contributed by atoms with Gasteiger partial charge in [-0.3, -0.25) is 9.78 Å². The van der Waals surface area contributed by atoms with Gasteiger partial charge in [0.05, 0.1) is 17.0 Å². The molecule has 0 aliphatic heterocycles. The van der Waals surface area contributed by atoms with Gasteiger partial charge in [-0.15, -0.1) is 11.3 Å². The molecule has 0 saturated carbocycles. The third-order valence-electron chi connectivity index (χ3n) is 3.09. The van der Waals surface area contributed by atoms with Gasteiger partial charge in [-0.05, 0) is 38.4 Å². The van der Waals surface area contributed by atoms with E-state index in [0.29, 0.717) is 12.2 Å². The highest BCUT2D eigenvalue weighted by Crippen LogP contribution is 2.29. The second kappa shape index (κ2) is 7.84. The monoisotopic (exact) mass is 369 g/mol. The molecular formula is C15H19N3O4S2. The summed E-state index contributed by atoms with van der Waals surface area (Å²) in [4.78, 5) is 17.6. The third-order valence-corrected chi connectivity index (χ3v) is 6.21. The van der Waals surface area contributed by atoms with Gasteiger partial charge < -0.3 is 10.0 Å². The van der Waals surface area contributed by atoms with Crippen LogP contribution in [0.25, 0.3) is 10.6 Å². The highest BCUT2D eigenvalue weighted by atomic mass is 32.2. The minimum atomic E-state index is -3.79. The molecule has 2 aromatic heterocycles. The lowest BCUT2D eigenvalue weighted by Crippen LogP contribution is -2.42. The van der Waals surface area contributed by atoms with Crippen LogP contribution in [0.1, 0.15) is 6.42 Å². The number of likely N-dealkylation sites (N-methyl/N-ethyl adjacent to an activating group) is 1. The van der Waals surface area contributed by atoms with Crippen LogP contribution < -0.4 is 4.72 Å². The fraction of sp³-hybridized carbons (Fsp3) is 0.333. The van der Waals surface area contributed by atoms with Crippen molar-refractivity contribution in [1.29, 1.82) is 0 Å². The van der Waals surface area contributed by atoms with E-state index in [4.69, 9.17) is 5.11 Å². The number of aromatic nitrogens is 1. The maximum atomic E-state index is 12.5. The van der Waals surface area contributed by atoms with Crippen molar-refractivity contribution in [1.82, 2.24) is 14.6 Å². The standard InChI is InChI=1S/C15H19N3O4S2/c1-18(2)10-11(9-14(19)20)17-24(21,22)15-7-6-13(23-15)12-5-3-4-8-16-12/h3-8,11,17H,9-10H2,1-2H3,(H,19,20). The Morgan fingerprint density at radius 2 is 2.08 bits per heavy atom. The zero-order valence-electron chi connectivity index (χ0n) is 13.3. The first kappa shape index (κ1) is 18.5. The van der Waals surface area contributed by atoms with Gasteiger partial charge in [-0.1, -0.05) is 6.07 Å². The normalized spacial score (nSPS) is 13.1. The summed E-state index contributed by atoms with van der Waals surface area (Å²) in [5.41, 5.74) is 0.694. The number of nitrogens with one attached hydrogen (secondary N) is 1. The number of hydrogen-bond acceptors (Lipinski definition) is 6. The van der Waals surface area contributed by atoms with E-state index in [-0.39, 0.29) is 10.6 Å². The van der Waals surface area contributed by atoms with Gasteiger partial charge in [0, 0.05) is 18.8 Å². The second-order valence-electron chi connectivity index (χ2n) is 5.51. The smallest absolute Gasteiger partial charge is 0.305 e. The fourth-order valence-corrected chi connectivity index (χ4v) is 4.71. The average molecular weight is 369 g/mol. The predicted octanol–water partition coefficient (Wildman–Crippen LogP) is 1.49. The summed E-state index contributed by atoms with van der Waals surface area (Å²) in [5.74, 6) is -1.05. The summed E-state index contributed by atoms with van der Waals surface area (Å²) in [6, 6.07) is 7.91. The van der Waals surface area contributed by atoms with Crippen molar-refractivity contribution in [3.05, 3.63) is 36.5 Å². The molecule has 0 saturated heterocycles. The molecule has 0 aliphatic rings. The van der Waals surface area contributed by atoms with Crippen LogP contribution in [0.3, 0.4) is 0 Å². The molecule has 7 nitrogen and oxygen atoms in total. The minimum Gasteiger partial charge on any atom is -0.481 e. The maximum absolute atomic E-state index is 12.5. The van der Waals surface area contributed by atoms with Crippen molar-refractivity contribution in [2.75, 3.05) is 20.6 Å². The topological polar surface area (TPSA) is 99.6 Å². The summed E-state index contributed by atoms with van der Waals surface area (Å²) in [6.07, 6.45) is 1.36. The number of carbonyl (C=O) groups is 1. The van der Waals surface area contributed by atoms with Gasteiger partial charge in [-0.25, -0.2) is 13.1 Å². The van der Waals surface area contributed by atoms with Gasteiger partial charge in [0.25, 0.3) is 0 Å². The predicted molar refractivity (Wildman–Crippen MR) is 92.5 cm³/mol. The van der Waals surface area contributed by atoms with Crippen molar-refractivity contribution in [2.45, 2.75) is 16.7 Å². The molecule has 0 aromatic carbocycles. The van der Waals surface area contributed by atoms with E-state index in [1.54, 1.807) is 43.4 Å². The summed E-state index contributed by atoms with van der Waals surface area (Å²) < 4.78 is 27.6. The molecule has 1 unspecified atom stereocenters. The molecule has 1 atom stereocenters. The highest BCUT2D eigenvalue weighted by molar-refractivity contribution is 7.91. The van der Waals surface area contributed by atoms with Crippen molar-refractivity contribution < 1.29 is 18.3 Å². The first-order valence-corrected chi connectivity index (χ1v) is 9.48. The van der Waals surface area contributed by atoms with Gasteiger partial charge in [-0.2, -0.15) is 0 Å². The molecule has 2 aromatic rings. The number of nitrogens with zero attached hydrogens (tertiary/aromatic N) is 2. The molecule has 0 amide bonds. The van der Waals surface area contributed by atoms with Crippen molar-refractivity contribution in [3.63, 3.8) is 0 Å². The molecule has 2 N–H and O–H groups in total. The lowest BCUT2D eigenvalue weighted by molar-refractivity contribution is -0.137. The third kappa shape index (κ3) is 5.10. The van der Waals surface area contributed by atoms with E-state index in [0.717, 1.165) is 16.2 Å². The number of aliphatic carboxylic acids is 1. The zero-order valence-corrected chi connectivity index (χ0v) is 15.0. The van der Waals surface area contributed by atoms with E-state index in [9.17, 15) is 13.2 Å². The number of carboxylic acids is 1. The Bertz CT molecular complexity index is 788. The Morgan fingerprint density at radius 1 is 1.33 bits per heavy atom. The summed E-state index contributed by atoms with van der Waals surface area (Å²) in [5, 5.41) is 8.96. The molecule has 2 rings (SSSR count). The molecular weight excluding hydrogens is 350 g/mol. The van der Waals surface area contributed by atoms with Crippen LogP contribution in [-0.2, 0) is 14.8 Å². The van der Waals surface area contributed by atoms with E-state index >= 15 is 0 Å². The van der Waals surface area contributed by atoms with E-state index < -0.39 is 22.0 Å². The Morgan fingerprint density at radius 3 is 2.67 bits per heavy atom. The quantitative estimate of drug-likeness (QED) is 0.731. The number of rotatable bonds is 8. The van der Waals surface area contributed by atoms with Crippen LogP contribution in [0.15, 0.2) is 40.7 Å². The van der Waals surface area contributed by atoms with Crippen LogP contribution in [0.2, 0.25) is 0 Å². The van der Waals surface area contributed by atoms with Crippen LogP contribution in [0.4, 0.5) is 0 Å². The van der Waals surface area contributed by atoms with E-state index in [2.05, 4.69) is 9.71 Å². The average Bonchev–Trinajstić information content (AvgIpc) is 2.97. The van der Waals surface area contributed by atoms with Crippen LogP contribution >= 0.6 is 11.3 Å². The number of hydrogen-bond donors (Lipinski definition) is 2. The summed E-state index contributed by atoms with van der Waals surface area (Å²) in [6.45, 7) is 0.296. The molecule has 0 aliphatic carbocycles. The maximum Gasteiger partial charge on any atom is 0.305 e. The summed E-state index contributed by atoms with van der Waals surface area (Å²) >= 11 is 1.10. The number of carboxylic acid groups (broad SMARTS) is 1. The van der Waals surface area contributed by atoms with Crippen molar-refractivity contribution in [2.24, 2.45) is 0 Å². The Balaban J connectivity index is 2.20. The number of sulfonamides is 1. The molecule has 24 heavy (non-hydrogen) atoms. The van der Waals surface area contributed by atoms with Crippen LogP contribution in [0, 0.1) is 0 Å². The first-order chi connectivity index (χ1) is 11.3. The summed E-state index contributed by atoms with van der Waals surface area (Å²) in [7, 11) is -0.272. The minimum absolute atomic E-state index is 0.136. The van der Waals surface area contributed by atoms with Gasteiger partial charge >= 0.3 is 5.97 Å².